The number of pyridine rings is 1. The van der Waals surface area contributed by atoms with E-state index >= 15 is 0 Å². The summed E-state index contributed by atoms with van der Waals surface area (Å²) in [5.74, 6) is -0.290. The number of hydrogen-bond donors (Lipinski definition) is 1. The van der Waals surface area contributed by atoms with E-state index in [0.29, 0.717) is 17.0 Å². The van der Waals surface area contributed by atoms with Crippen molar-refractivity contribution < 1.29 is 4.39 Å². The molecule has 0 fully saturated rings. The number of aromatic nitrogens is 1. The lowest BCUT2D eigenvalue weighted by Crippen LogP contribution is -1.93. The molecule has 0 aliphatic heterocycles. The van der Waals surface area contributed by atoms with E-state index in [0.717, 1.165) is 0 Å². The summed E-state index contributed by atoms with van der Waals surface area (Å²) in [5, 5.41) is 0. The van der Waals surface area contributed by atoms with Crippen molar-refractivity contribution in [2.45, 2.75) is 27.7 Å². The van der Waals surface area contributed by atoms with Crippen LogP contribution in [0.25, 0.3) is 6.08 Å². The van der Waals surface area contributed by atoms with Gasteiger partial charge in [0.25, 0.3) is 0 Å². The number of nitrogens with two attached hydrogens (primary N) is 1. The van der Waals surface area contributed by atoms with Crippen molar-refractivity contribution in [3.63, 3.8) is 0 Å². The standard InChI is InChI=1S/C9H11FN2.C2H6/c1-6-3-8(4-7(2)11)12-5-9(6)10;1-2/h3-5H,11H2,1-2H3;1-2H3/b7-4-;. The van der Waals surface area contributed by atoms with Crippen molar-refractivity contribution in [1.82, 2.24) is 4.98 Å². The number of aryl methyl sites for hydroxylation is 1. The van der Waals surface area contributed by atoms with Crippen LogP contribution in [0.2, 0.25) is 0 Å². The molecule has 0 bridgehead atoms. The molecule has 0 aliphatic rings. The van der Waals surface area contributed by atoms with Gasteiger partial charge in [-0.25, -0.2) is 4.39 Å². The highest BCUT2D eigenvalue weighted by molar-refractivity contribution is 5.47. The van der Waals surface area contributed by atoms with Gasteiger partial charge in [-0.15, -0.1) is 0 Å². The van der Waals surface area contributed by atoms with Crippen LogP contribution in [-0.4, -0.2) is 4.98 Å². The Morgan fingerprint density at radius 1 is 1.50 bits per heavy atom. The van der Waals surface area contributed by atoms with Crippen LogP contribution in [0.4, 0.5) is 4.39 Å². The molecule has 2 nitrogen and oxygen atoms in total. The fourth-order valence-electron chi connectivity index (χ4n) is 0.873. The average molecular weight is 196 g/mol. The third kappa shape index (κ3) is 4.03. The quantitative estimate of drug-likeness (QED) is 0.750. The van der Waals surface area contributed by atoms with Crippen molar-refractivity contribution in [2.24, 2.45) is 5.73 Å². The minimum Gasteiger partial charge on any atom is -0.402 e. The minimum atomic E-state index is -0.290. The summed E-state index contributed by atoms with van der Waals surface area (Å²) in [6, 6.07) is 1.66. The predicted molar refractivity (Wildman–Crippen MR) is 58.1 cm³/mol. The third-order valence-electron chi connectivity index (χ3n) is 1.44. The molecule has 1 aromatic heterocycles. The van der Waals surface area contributed by atoms with Crippen LogP contribution < -0.4 is 5.73 Å². The molecular formula is C11H17FN2. The SMILES string of the molecule is C/C(N)=C/c1cc(C)c(F)cn1.CC. The highest BCUT2D eigenvalue weighted by Crippen LogP contribution is 2.07. The second kappa shape index (κ2) is 6.13. The van der Waals surface area contributed by atoms with Gasteiger partial charge in [-0.3, -0.25) is 4.98 Å². The molecule has 0 radical (unpaired) electrons. The van der Waals surface area contributed by atoms with Gasteiger partial charge in [0.1, 0.15) is 5.82 Å². The molecule has 78 valence electrons. The maximum Gasteiger partial charge on any atom is 0.144 e. The summed E-state index contributed by atoms with van der Waals surface area (Å²) in [6.07, 6.45) is 2.90. The van der Waals surface area contributed by atoms with Gasteiger partial charge in [-0.1, -0.05) is 13.8 Å². The highest BCUT2D eigenvalue weighted by Gasteiger charge is 1.97. The monoisotopic (exact) mass is 196 g/mol. The summed E-state index contributed by atoms with van der Waals surface area (Å²) in [6.45, 7) is 7.46. The molecular weight excluding hydrogens is 179 g/mol. The van der Waals surface area contributed by atoms with Gasteiger partial charge < -0.3 is 5.73 Å². The number of nitrogens with zero attached hydrogens (tertiary/aromatic N) is 1. The van der Waals surface area contributed by atoms with E-state index in [-0.39, 0.29) is 5.82 Å². The van der Waals surface area contributed by atoms with Gasteiger partial charge >= 0.3 is 0 Å². The molecule has 2 N–H and O–H groups in total. The second-order valence-corrected chi connectivity index (χ2v) is 2.75. The Hall–Kier alpha value is -1.38. The topological polar surface area (TPSA) is 38.9 Å². The van der Waals surface area contributed by atoms with E-state index in [1.54, 1.807) is 26.0 Å². The minimum absolute atomic E-state index is 0.290. The average Bonchev–Trinajstić information content (AvgIpc) is 2.14. The highest BCUT2D eigenvalue weighted by atomic mass is 19.1. The Balaban J connectivity index is 0.000000791. The Labute approximate surface area is 84.7 Å². The second-order valence-electron chi connectivity index (χ2n) is 2.75. The molecule has 0 aromatic carbocycles. The zero-order valence-electron chi connectivity index (χ0n) is 9.13. The van der Waals surface area contributed by atoms with Crippen molar-refractivity contribution in [3.05, 3.63) is 35.0 Å². The van der Waals surface area contributed by atoms with Gasteiger partial charge in [0, 0.05) is 5.70 Å². The van der Waals surface area contributed by atoms with E-state index < -0.39 is 0 Å². The smallest absolute Gasteiger partial charge is 0.144 e. The Morgan fingerprint density at radius 2 is 2.07 bits per heavy atom. The first kappa shape index (κ1) is 12.6. The van der Waals surface area contributed by atoms with Crippen molar-refractivity contribution in [1.29, 1.82) is 0 Å². The van der Waals surface area contributed by atoms with Gasteiger partial charge in [0.05, 0.1) is 11.9 Å². The lowest BCUT2D eigenvalue weighted by molar-refractivity contribution is 0.611. The van der Waals surface area contributed by atoms with E-state index in [1.165, 1.54) is 6.20 Å². The fourth-order valence-corrected chi connectivity index (χ4v) is 0.873. The molecule has 0 unspecified atom stereocenters. The van der Waals surface area contributed by atoms with Crippen LogP contribution in [0.15, 0.2) is 18.0 Å². The number of rotatable bonds is 1. The Morgan fingerprint density at radius 3 is 2.50 bits per heavy atom. The molecule has 0 amide bonds. The van der Waals surface area contributed by atoms with Gasteiger partial charge in [0.15, 0.2) is 0 Å². The summed E-state index contributed by atoms with van der Waals surface area (Å²) < 4.78 is 12.7. The third-order valence-corrected chi connectivity index (χ3v) is 1.44. The number of allylic oxidation sites excluding steroid dienone is 1. The molecule has 3 heteroatoms. The van der Waals surface area contributed by atoms with E-state index in [1.807, 2.05) is 13.8 Å². The molecule has 0 aliphatic carbocycles. The van der Waals surface area contributed by atoms with Crippen molar-refractivity contribution in [2.75, 3.05) is 0 Å². The zero-order chi connectivity index (χ0) is 11.1. The summed E-state index contributed by atoms with van der Waals surface area (Å²) in [5.41, 5.74) is 7.37. The fraction of sp³-hybridized carbons (Fsp3) is 0.364. The molecule has 0 atom stereocenters. The Kier molecular flexibility index (Phi) is 5.53. The Bertz CT molecular complexity index is 315. The van der Waals surface area contributed by atoms with Gasteiger partial charge in [-0.2, -0.15) is 0 Å². The van der Waals surface area contributed by atoms with Crippen LogP contribution in [0.5, 0.6) is 0 Å². The van der Waals surface area contributed by atoms with Crippen LogP contribution >= 0.6 is 0 Å². The summed E-state index contributed by atoms with van der Waals surface area (Å²) >= 11 is 0. The number of halogens is 1. The van der Waals surface area contributed by atoms with Gasteiger partial charge in [-0.05, 0) is 31.6 Å². The molecule has 0 saturated heterocycles. The van der Waals surface area contributed by atoms with E-state index in [4.69, 9.17) is 5.73 Å². The largest absolute Gasteiger partial charge is 0.402 e. The van der Waals surface area contributed by atoms with Crippen LogP contribution in [0.1, 0.15) is 32.0 Å². The first-order valence-corrected chi connectivity index (χ1v) is 4.65. The number of hydrogen-bond acceptors (Lipinski definition) is 2. The van der Waals surface area contributed by atoms with Crippen molar-refractivity contribution >= 4 is 6.08 Å². The van der Waals surface area contributed by atoms with Gasteiger partial charge in [0.2, 0.25) is 0 Å². The van der Waals surface area contributed by atoms with E-state index in [9.17, 15) is 4.39 Å². The normalized spacial score (nSPS) is 10.5. The molecule has 0 saturated carbocycles. The first-order valence-electron chi connectivity index (χ1n) is 4.65. The van der Waals surface area contributed by atoms with E-state index in [2.05, 4.69) is 4.98 Å². The van der Waals surface area contributed by atoms with Crippen LogP contribution in [-0.2, 0) is 0 Å². The van der Waals surface area contributed by atoms with Crippen LogP contribution in [0, 0.1) is 12.7 Å². The lowest BCUT2D eigenvalue weighted by Gasteiger charge is -1.97. The molecule has 1 aromatic rings. The zero-order valence-corrected chi connectivity index (χ0v) is 9.13. The molecule has 1 heterocycles. The molecule has 14 heavy (non-hydrogen) atoms. The molecule has 1 rings (SSSR count). The first-order chi connectivity index (χ1) is 6.59. The van der Waals surface area contributed by atoms with Crippen LogP contribution in [0.3, 0.4) is 0 Å². The van der Waals surface area contributed by atoms with Crippen molar-refractivity contribution in [3.8, 4) is 0 Å². The maximum absolute atomic E-state index is 12.7. The maximum atomic E-state index is 12.7. The lowest BCUT2D eigenvalue weighted by atomic mass is 10.2. The predicted octanol–water partition coefficient (Wildman–Crippen LogP) is 2.87. The summed E-state index contributed by atoms with van der Waals surface area (Å²) in [7, 11) is 0. The molecule has 0 spiro atoms. The summed E-state index contributed by atoms with van der Waals surface area (Å²) in [4.78, 5) is 3.85.